The molecular formula is C19H19NO3S. The summed E-state index contributed by atoms with van der Waals surface area (Å²) in [4.78, 5) is 39.3. The number of rotatable bonds is 4. The second-order valence-corrected chi connectivity index (χ2v) is 7.10. The molecule has 0 radical (unpaired) electrons. The Morgan fingerprint density at radius 1 is 0.958 bits per heavy atom. The summed E-state index contributed by atoms with van der Waals surface area (Å²) in [6.07, 6.45) is 1.37. The van der Waals surface area contributed by atoms with Gasteiger partial charge in [-0.2, -0.15) is 0 Å². The molecule has 2 heterocycles. The molecule has 0 atom stereocenters. The molecule has 1 fully saturated rings. The van der Waals surface area contributed by atoms with Crippen LogP contribution in [0.1, 0.15) is 49.5 Å². The van der Waals surface area contributed by atoms with Crippen LogP contribution in [-0.4, -0.2) is 35.5 Å². The van der Waals surface area contributed by atoms with Crippen molar-refractivity contribution in [2.45, 2.75) is 19.8 Å². The van der Waals surface area contributed by atoms with Crippen LogP contribution in [0.3, 0.4) is 0 Å². The summed E-state index contributed by atoms with van der Waals surface area (Å²) in [6, 6.07) is 12.7. The maximum Gasteiger partial charge on any atom is 0.263 e. The van der Waals surface area contributed by atoms with Crippen molar-refractivity contribution in [1.29, 1.82) is 0 Å². The highest BCUT2D eigenvalue weighted by atomic mass is 32.1. The summed E-state index contributed by atoms with van der Waals surface area (Å²) in [5.41, 5.74) is 0.742. The Hall–Kier alpha value is -2.27. The van der Waals surface area contributed by atoms with Gasteiger partial charge in [-0.25, -0.2) is 0 Å². The lowest BCUT2D eigenvalue weighted by Crippen LogP contribution is -2.40. The van der Waals surface area contributed by atoms with Crippen LogP contribution < -0.4 is 0 Å². The standard InChI is InChI=1S/C19H19NO3S/c1-13(21)16-7-8-17(24-16)19(23)20-11-9-15(10-12-20)18(22)14-5-3-2-4-6-14/h2-8,15H,9-12H2,1H3. The Balaban J connectivity index is 1.61. The van der Waals surface area contributed by atoms with E-state index >= 15 is 0 Å². The number of Topliss-reactive ketones (excluding diaryl/α,β-unsaturated/α-hetero) is 2. The van der Waals surface area contributed by atoms with Gasteiger partial charge in [0.15, 0.2) is 11.6 Å². The normalized spacial score (nSPS) is 15.3. The highest BCUT2D eigenvalue weighted by molar-refractivity contribution is 7.15. The van der Waals surface area contributed by atoms with Crippen LogP contribution >= 0.6 is 11.3 Å². The number of carbonyl (C=O) groups excluding carboxylic acids is 3. The quantitative estimate of drug-likeness (QED) is 0.797. The highest BCUT2D eigenvalue weighted by Crippen LogP contribution is 2.25. The maximum atomic E-state index is 12.5. The second kappa shape index (κ2) is 7.09. The van der Waals surface area contributed by atoms with Crippen LogP contribution in [0.15, 0.2) is 42.5 Å². The Labute approximate surface area is 145 Å². The summed E-state index contributed by atoms with van der Waals surface area (Å²) >= 11 is 1.24. The third-order valence-electron chi connectivity index (χ3n) is 4.38. The third-order valence-corrected chi connectivity index (χ3v) is 5.55. The van der Waals surface area contributed by atoms with E-state index in [9.17, 15) is 14.4 Å². The number of benzene rings is 1. The molecule has 24 heavy (non-hydrogen) atoms. The number of carbonyl (C=O) groups is 3. The van der Waals surface area contributed by atoms with E-state index in [1.807, 2.05) is 30.3 Å². The average Bonchev–Trinajstić information content (AvgIpc) is 3.12. The first-order chi connectivity index (χ1) is 11.6. The lowest BCUT2D eigenvalue weighted by molar-refractivity contribution is 0.0654. The van der Waals surface area contributed by atoms with Crippen molar-refractivity contribution >= 4 is 28.8 Å². The van der Waals surface area contributed by atoms with Gasteiger partial charge in [0.05, 0.1) is 9.75 Å². The Morgan fingerprint density at radius 2 is 1.58 bits per heavy atom. The van der Waals surface area contributed by atoms with E-state index in [4.69, 9.17) is 0 Å². The Kier molecular flexibility index (Phi) is 4.90. The van der Waals surface area contributed by atoms with Gasteiger partial charge in [0, 0.05) is 24.6 Å². The molecule has 0 aliphatic carbocycles. The number of thiophene rings is 1. The van der Waals surface area contributed by atoms with Crippen molar-refractivity contribution in [2.24, 2.45) is 5.92 Å². The lowest BCUT2D eigenvalue weighted by atomic mass is 9.89. The van der Waals surface area contributed by atoms with E-state index in [-0.39, 0.29) is 23.4 Å². The van der Waals surface area contributed by atoms with Crippen LogP contribution in [-0.2, 0) is 0 Å². The molecule has 0 saturated carbocycles. The SMILES string of the molecule is CC(=O)c1ccc(C(=O)N2CCC(C(=O)c3ccccc3)CC2)s1. The molecule has 5 heteroatoms. The molecule has 2 aromatic rings. The summed E-state index contributed by atoms with van der Waals surface area (Å²) in [5, 5.41) is 0. The zero-order valence-corrected chi connectivity index (χ0v) is 14.3. The molecule has 0 unspecified atom stereocenters. The van der Waals surface area contributed by atoms with Crippen LogP contribution in [0, 0.1) is 5.92 Å². The molecule has 0 bridgehead atoms. The van der Waals surface area contributed by atoms with Gasteiger partial charge in [-0.3, -0.25) is 14.4 Å². The largest absolute Gasteiger partial charge is 0.338 e. The van der Waals surface area contributed by atoms with E-state index in [0.717, 1.165) is 5.56 Å². The van der Waals surface area contributed by atoms with Gasteiger partial charge in [-0.05, 0) is 31.9 Å². The molecule has 0 N–H and O–H groups in total. The fourth-order valence-corrected chi connectivity index (χ4v) is 3.85. The molecule has 1 saturated heterocycles. The second-order valence-electron chi connectivity index (χ2n) is 6.02. The molecule has 0 spiro atoms. The van der Waals surface area contributed by atoms with Crippen LogP contribution in [0.25, 0.3) is 0 Å². The maximum absolute atomic E-state index is 12.5. The number of likely N-dealkylation sites (tertiary alicyclic amines) is 1. The first-order valence-corrected chi connectivity index (χ1v) is 8.87. The molecule has 1 aromatic heterocycles. The predicted octanol–water partition coefficient (Wildman–Crippen LogP) is 3.69. The summed E-state index contributed by atoms with van der Waals surface area (Å²) in [7, 11) is 0. The molecule has 3 rings (SSSR count). The zero-order valence-electron chi connectivity index (χ0n) is 13.5. The van der Waals surface area contributed by atoms with Crippen LogP contribution in [0.2, 0.25) is 0 Å². The van der Waals surface area contributed by atoms with E-state index < -0.39 is 0 Å². The van der Waals surface area contributed by atoms with Gasteiger partial charge in [0.2, 0.25) is 0 Å². The zero-order chi connectivity index (χ0) is 17.1. The Bertz CT molecular complexity index is 758. The van der Waals surface area contributed by atoms with E-state index in [1.54, 1.807) is 17.0 Å². The van der Waals surface area contributed by atoms with Gasteiger partial charge in [0.1, 0.15) is 0 Å². The Morgan fingerprint density at radius 3 is 2.17 bits per heavy atom. The predicted molar refractivity (Wildman–Crippen MR) is 93.7 cm³/mol. The molecule has 1 aliphatic heterocycles. The number of ketones is 2. The van der Waals surface area contributed by atoms with Crippen molar-refractivity contribution in [3.05, 3.63) is 57.8 Å². The first kappa shape index (κ1) is 16.6. The molecule has 1 amide bonds. The third kappa shape index (κ3) is 3.46. The lowest BCUT2D eigenvalue weighted by Gasteiger charge is -2.31. The first-order valence-electron chi connectivity index (χ1n) is 8.05. The fourth-order valence-electron chi connectivity index (χ4n) is 2.98. The molecule has 1 aromatic carbocycles. The molecule has 124 valence electrons. The van der Waals surface area contributed by atoms with Crippen molar-refractivity contribution in [2.75, 3.05) is 13.1 Å². The summed E-state index contributed by atoms with van der Waals surface area (Å²) in [5.74, 6) is 0.0783. The minimum Gasteiger partial charge on any atom is -0.338 e. The minimum atomic E-state index is -0.0434. The topological polar surface area (TPSA) is 54.5 Å². The van der Waals surface area contributed by atoms with E-state index in [1.165, 1.54) is 18.3 Å². The van der Waals surface area contributed by atoms with E-state index in [0.29, 0.717) is 35.7 Å². The van der Waals surface area contributed by atoms with Crippen molar-refractivity contribution < 1.29 is 14.4 Å². The van der Waals surface area contributed by atoms with Gasteiger partial charge < -0.3 is 4.90 Å². The highest BCUT2D eigenvalue weighted by Gasteiger charge is 2.28. The molecule has 4 nitrogen and oxygen atoms in total. The summed E-state index contributed by atoms with van der Waals surface area (Å²) < 4.78 is 0. The van der Waals surface area contributed by atoms with Crippen molar-refractivity contribution in [3.8, 4) is 0 Å². The monoisotopic (exact) mass is 341 g/mol. The minimum absolute atomic E-state index is 0.0208. The van der Waals surface area contributed by atoms with Crippen molar-refractivity contribution in [3.63, 3.8) is 0 Å². The average molecular weight is 341 g/mol. The number of nitrogens with zero attached hydrogens (tertiary/aromatic N) is 1. The number of amides is 1. The number of hydrogen-bond acceptors (Lipinski definition) is 4. The van der Waals surface area contributed by atoms with Gasteiger partial charge >= 0.3 is 0 Å². The van der Waals surface area contributed by atoms with Gasteiger partial charge in [-0.1, -0.05) is 30.3 Å². The molecule has 1 aliphatic rings. The number of piperidine rings is 1. The van der Waals surface area contributed by atoms with Crippen LogP contribution in [0.4, 0.5) is 0 Å². The van der Waals surface area contributed by atoms with Crippen LogP contribution in [0.5, 0.6) is 0 Å². The van der Waals surface area contributed by atoms with Crippen molar-refractivity contribution in [1.82, 2.24) is 4.90 Å². The molecular weight excluding hydrogens is 322 g/mol. The van der Waals surface area contributed by atoms with E-state index in [2.05, 4.69) is 0 Å². The smallest absolute Gasteiger partial charge is 0.263 e. The number of hydrogen-bond donors (Lipinski definition) is 0. The fraction of sp³-hybridized carbons (Fsp3) is 0.316. The van der Waals surface area contributed by atoms with Gasteiger partial charge in [-0.15, -0.1) is 11.3 Å². The summed E-state index contributed by atoms with van der Waals surface area (Å²) in [6.45, 7) is 2.66. The van der Waals surface area contributed by atoms with Gasteiger partial charge in [0.25, 0.3) is 5.91 Å².